The number of benzene rings is 2. The lowest BCUT2D eigenvalue weighted by atomic mass is 10.0. The van der Waals surface area contributed by atoms with Crippen molar-refractivity contribution in [1.29, 1.82) is 0 Å². The van der Waals surface area contributed by atoms with Crippen LogP contribution in [0.5, 0.6) is 5.75 Å². The van der Waals surface area contributed by atoms with E-state index >= 15 is 0 Å². The summed E-state index contributed by atoms with van der Waals surface area (Å²) in [5.74, 6) is 0.484. The highest BCUT2D eigenvalue weighted by molar-refractivity contribution is 14.1. The first-order valence-corrected chi connectivity index (χ1v) is 7.13. The number of halogens is 2. The van der Waals surface area contributed by atoms with Gasteiger partial charge in [-0.25, -0.2) is 0 Å². The smallest absolute Gasteiger partial charge is 0.194 e. The van der Waals surface area contributed by atoms with E-state index in [0.717, 1.165) is 9.13 Å². The van der Waals surface area contributed by atoms with Crippen molar-refractivity contribution >= 4 is 40.0 Å². The summed E-state index contributed by atoms with van der Waals surface area (Å²) in [6.45, 7) is 1.99. The monoisotopic (exact) mass is 386 g/mol. The fraction of sp³-hybridized carbons (Fsp3) is 0.133. The molecule has 4 heteroatoms. The lowest BCUT2D eigenvalue weighted by molar-refractivity contribution is 0.103. The van der Waals surface area contributed by atoms with E-state index in [0.29, 0.717) is 21.9 Å². The largest absolute Gasteiger partial charge is 0.495 e. The van der Waals surface area contributed by atoms with Crippen molar-refractivity contribution < 1.29 is 9.53 Å². The number of aryl methyl sites for hydroxylation is 1. The second-order valence-corrected chi connectivity index (χ2v) is 5.60. The number of hydrogen-bond acceptors (Lipinski definition) is 2. The van der Waals surface area contributed by atoms with Gasteiger partial charge in [0.2, 0.25) is 0 Å². The van der Waals surface area contributed by atoms with E-state index < -0.39 is 0 Å². The van der Waals surface area contributed by atoms with Gasteiger partial charge in [-0.3, -0.25) is 4.79 Å². The molecule has 0 amide bonds. The second kappa shape index (κ2) is 5.92. The third kappa shape index (κ3) is 2.92. The van der Waals surface area contributed by atoms with Gasteiger partial charge in [0.15, 0.2) is 5.78 Å². The topological polar surface area (TPSA) is 26.3 Å². The number of ether oxygens (including phenoxy) is 1. The fourth-order valence-corrected chi connectivity index (χ4v) is 2.58. The Morgan fingerprint density at radius 1 is 1.26 bits per heavy atom. The van der Waals surface area contributed by atoms with Crippen molar-refractivity contribution in [2.24, 2.45) is 0 Å². The minimum absolute atomic E-state index is 0.0249. The Hall–Kier alpha value is -1.07. The molecule has 0 saturated heterocycles. The maximum atomic E-state index is 12.5. The van der Waals surface area contributed by atoms with Crippen LogP contribution in [0.2, 0.25) is 5.02 Å². The van der Waals surface area contributed by atoms with Crippen LogP contribution in [0.4, 0.5) is 0 Å². The summed E-state index contributed by atoms with van der Waals surface area (Å²) < 4.78 is 6.11. The van der Waals surface area contributed by atoms with Gasteiger partial charge in [0.1, 0.15) is 5.75 Å². The van der Waals surface area contributed by atoms with Gasteiger partial charge >= 0.3 is 0 Å². The number of ketones is 1. The summed E-state index contributed by atoms with van der Waals surface area (Å²) >= 11 is 8.16. The predicted octanol–water partition coefficient (Wildman–Crippen LogP) is 4.49. The van der Waals surface area contributed by atoms with E-state index in [1.165, 1.54) is 7.11 Å². The Morgan fingerprint density at radius 3 is 2.68 bits per heavy atom. The van der Waals surface area contributed by atoms with Crippen LogP contribution in [-0.4, -0.2) is 12.9 Å². The Bertz CT molecular complexity index is 638. The van der Waals surface area contributed by atoms with E-state index in [-0.39, 0.29) is 5.78 Å². The van der Waals surface area contributed by atoms with Crippen LogP contribution in [-0.2, 0) is 0 Å². The Kier molecular flexibility index (Phi) is 4.47. The molecule has 0 aliphatic heterocycles. The molecule has 0 atom stereocenters. The highest BCUT2D eigenvalue weighted by Crippen LogP contribution is 2.27. The normalized spacial score (nSPS) is 10.3. The molecule has 0 saturated carbocycles. The lowest BCUT2D eigenvalue weighted by Gasteiger charge is -2.08. The Morgan fingerprint density at radius 2 is 2.00 bits per heavy atom. The third-order valence-corrected chi connectivity index (χ3v) is 4.59. The second-order valence-electron chi connectivity index (χ2n) is 4.11. The molecule has 0 bridgehead atoms. The van der Waals surface area contributed by atoms with Gasteiger partial charge in [-0.1, -0.05) is 23.7 Å². The first-order chi connectivity index (χ1) is 9.04. The molecule has 0 N–H and O–H groups in total. The van der Waals surface area contributed by atoms with E-state index in [4.69, 9.17) is 16.3 Å². The summed E-state index contributed by atoms with van der Waals surface area (Å²) in [6, 6.07) is 10.8. The van der Waals surface area contributed by atoms with Crippen molar-refractivity contribution in [2.45, 2.75) is 6.92 Å². The van der Waals surface area contributed by atoms with E-state index in [1.807, 2.05) is 25.1 Å². The van der Waals surface area contributed by atoms with Crippen LogP contribution < -0.4 is 4.74 Å². The van der Waals surface area contributed by atoms with Crippen LogP contribution in [0.15, 0.2) is 36.4 Å². The van der Waals surface area contributed by atoms with Gasteiger partial charge in [-0.15, -0.1) is 0 Å². The minimum atomic E-state index is -0.0249. The molecule has 2 aromatic rings. The third-order valence-electron chi connectivity index (χ3n) is 2.85. The lowest BCUT2D eigenvalue weighted by Crippen LogP contribution is -2.05. The van der Waals surface area contributed by atoms with Crippen LogP contribution in [0.1, 0.15) is 21.5 Å². The number of hydrogen-bond donors (Lipinski definition) is 0. The first kappa shape index (κ1) is 14.3. The van der Waals surface area contributed by atoms with E-state index in [2.05, 4.69) is 22.6 Å². The van der Waals surface area contributed by atoms with Crippen LogP contribution in [0.3, 0.4) is 0 Å². The molecule has 0 heterocycles. The van der Waals surface area contributed by atoms with Gasteiger partial charge in [-0.05, 0) is 59.3 Å². The standard InChI is InChI=1S/C15H12ClIO2/c1-9-4-3-5-11(14(9)17)15(18)10-6-7-12(16)13(8-10)19-2/h3-8H,1-2H3. The molecule has 0 aliphatic carbocycles. The molecule has 0 spiro atoms. The number of methoxy groups -OCH3 is 1. The maximum absolute atomic E-state index is 12.5. The summed E-state index contributed by atoms with van der Waals surface area (Å²) in [7, 11) is 1.53. The van der Waals surface area contributed by atoms with Gasteiger partial charge in [0, 0.05) is 14.7 Å². The number of rotatable bonds is 3. The average molecular weight is 387 g/mol. The highest BCUT2D eigenvalue weighted by atomic mass is 127. The van der Waals surface area contributed by atoms with Gasteiger partial charge in [-0.2, -0.15) is 0 Å². The molecule has 0 radical (unpaired) electrons. The molecular formula is C15H12ClIO2. The molecular weight excluding hydrogens is 375 g/mol. The zero-order valence-electron chi connectivity index (χ0n) is 10.5. The minimum Gasteiger partial charge on any atom is -0.495 e. The van der Waals surface area contributed by atoms with Crippen molar-refractivity contribution in [2.75, 3.05) is 7.11 Å². The number of carbonyl (C=O) groups is 1. The molecule has 0 fully saturated rings. The van der Waals surface area contributed by atoms with Crippen molar-refractivity contribution in [1.82, 2.24) is 0 Å². The van der Waals surface area contributed by atoms with Crippen LogP contribution >= 0.6 is 34.2 Å². The molecule has 19 heavy (non-hydrogen) atoms. The van der Waals surface area contributed by atoms with E-state index in [1.54, 1.807) is 18.2 Å². The van der Waals surface area contributed by atoms with Crippen LogP contribution in [0.25, 0.3) is 0 Å². The van der Waals surface area contributed by atoms with Gasteiger partial charge < -0.3 is 4.74 Å². The summed E-state index contributed by atoms with van der Waals surface area (Å²) in [6.07, 6.45) is 0. The predicted molar refractivity (Wildman–Crippen MR) is 85.3 cm³/mol. The number of carbonyl (C=O) groups excluding carboxylic acids is 1. The van der Waals surface area contributed by atoms with E-state index in [9.17, 15) is 4.79 Å². The van der Waals surface area contributed by atoms with Crippen molar-refractivity contribution in [3.05, 3.63) is 61.7 Å². The van der Waals surface area contributed by atoms with Gasteiger partial charge in [0.05, 0.1) is 12.1 Å². The molecule has 0 aromatic heterocycles. The average Bonchev–Trinajstić information content (AvgIpc) is 2.41. The van der Waals surface area contributed by atoms with Gasteiger partial charge in [0.25, 0.3) is 0 Å². The highest BCUT2D eigenvalue weighted by Gasteiger charge is 2.15. The summed E-state index contributed by atoms with van der Waals surface area (Å²) in [5.41, 5.74) is 2.36. The van der Waals surface area contributed by atoms with Crippen LogP contribution in [0, 0.1) is 10.5 Å². The van der Waals surface area contributed by atoms with Crippen molar-refractivity contribution in [3.8, 4) is 5.75 Å². The molecule has 2 aromatic carbocycles. The Balaban J connectivity index is 2.47. The maximum Gasteiger partial charge on any atom is 0.194 e. The summed E-state index contributed by atoms with van der Waals surface area (Å²) in [4.78, 5) is 12.5. The Labute approximate surface area is 130 Å². The quantitative estimate of drug-likeness (QED) is 0.574. The molecule has 0 aliphatic rings. The molecule has 98 valence electrons. The van der Waals surface area contributed by atoms with Crippen molar-refractivity contribution in [3.63, 3.8) is 0 Å². The fourth-order valence-electron chi connectivity index (χ4n) is 1.78. The zero-order chi connectivity index (χ0) is 14.0. The first-order valence-electron chi connectivity index (χ1n) is 5.68. The molecule has 2 rings (SSSR count). The zero-order valence-corrected chi connectivity index (χ0v) is 13.4. The SMILES string of the molecule is COc1cc(C(=O)c2cccc(C)c2I)ccc1Cl. The molecule has 0 unspecified atom stereocenters. The summed E-state index contributed by atoms with van der Waals surface area (Å²) in [5, 5.41) is 0.498. The molecule has 2 nitrogen and oxygen atoms in total.